The number of amides is 2. The van der Waals surface area contributed by atoms with Crippen molar-refractivity contribution in [2.45, 2.75) is 45.4 Å². The van der Waals surface area contributed by atoms with Gasteiger partial charge in [0.05, 0.1) is 0 Å². The van der Waals surface area contributed by atoms with Crippen LogP contribution in [-0.2, 0) is 47.1 Å². The smallest absolute Gasteiger partial charge is 0.294 e. The monoisotopic (exact) mass is 497 g/mol. The third-order valence-corrected chi connectivity index (χ3v) is 6.16. The zero-order valence-electron chi connectivity index (χ0n) is 15.7. The van der Waals surface area contributed by atoms with Crippen LogP contribution < -0.4 is 5.32 Å². The fourth-order valence-corrected chi connectivity index (χ4v) is 4.30. The molecule has 2 amide bonds. The Balaban J connectivity index is 0. The molecule has 0 aromatic rings. The number of hydrogen-bond donors (Lipinski definition) is 1. The maximum atomic E-state index is 10.9. The van der Waals surface area contributed by atoms with E-state index in [1.165, 1.54) is 34.9 Å². The van der Waals surface area contributed by atoms with Gasteiger partial charge in [-0.05, 0) is 30.4 Å². The summed E-state index contributed by atoms with van der Waals surface area (Å²) in [7, 11) is 3.02. The normalized spacial score (nSPS) is 14.7. The van der Waals surface area contributed by atoms with Crippen LogP contribution in [0.5, 0.6) is 0 Å². The second-order valence-electron chi connectivity index (χ2n) is 6.02. The standard InChI is InChI=1S/C11H20N2O2.C4H9N2O3S2.Y/c1-9(14)13-8-11(7-10(12)15)5-3-2-4-6-11;5-1-3-10-11-4-2-9-6(7)8;/h2-8H2,1H3,(H3,12,13,14,15);5H,1-4H2;/q;-1;/p-1. The second-order valence-corrected chi connectivity index (χ2v) is 8.72. The Morgan fingerprint density at radius 2 is 1.81 bits per heavy atom. The Labute approximate surface area is 193 Å². The number of carbonyl (C=O) groups excluding carboxylic acids is 2. The summed E-state index contributed by atoms with van der Waals surface area (Å²) in [6, 6.07) is 0. The van der Waals surface area contributed by atoms with Crippen LogP contribution in [0.15, 0.2) is 0 Å². The van der Waals surface area contributed by atoms with Gasteiger partial charge in [-0.15, -0.1) is 16.7 Å². The van der Waals surface area contributed by atoms with Crippen molar-refractivity contribution in [3.05, 3.63) is 21.6 Å². The summed E-state index contributed by atoms with van der Waals surface area (Å²) < 4.78 is 0. The average molecular weight is 497 g/mol. The van der Waals surface area contributed by atoms with Crippen molar-refractivity contribution in [2.75, 3.05) is 31.2 Å². The molecule has 3 N–H and O–H groups in total. The fourth-order valence-electron chi connectivity index (χ4n) is 2.68. The quantitative estimate of drug-likeness (QED) is 0.198. The number of carbonyl (C=O) groups is 2. The third-order valence-electron chi connectivity index (χ3n) is 3.79. The van der Waals surface area contributed by atoms with Crippen LogP contribution in [0.25, 0.3) is 11.5 Å². The molecule has 1 rings (SSSR count). The van der Waals surface area contributed by atoms with Gasteiger partial charge in [0.2, 0.25) is 5.91 Å². The molecule has 0 bridgehead atoms. The third kappa shape index (κ3) is 17.7. The Morgan fingerprint density at radius 1 is 1.22 bits per heavy atom. The van der Waals surface area contributed by atoms with Crippen LogP contribution in [0.3, 0.4) is 0 Å². The molecule has 0 aromatic carbocycles. The van der Waals surface area contributed by atoms with Crippen molar-refractivity contribution in [1.29, 1.82) is 0 Å². The van der Waals surface area contributed by atoms with E-state index in [-0.39, 0.29) is 57.1 Å². The van der Waals surface area contributed by atoms with E-state index in [1.807, 2.05) is 0 Å². The molecule has 0 spiro atoms. The van der Waals surface area contributed by atoms with Crippen molar-refractivity contribution >= 4 is 33.4 Å². The molecule has 12 heteroatoms. The van der Waals surface area contributed by atoms with Gasteiger partial charge in [-0.3, -0.25) is 4.79 Å². The van der Waals surface area contributed by atoms with E-state index in [0.29, 0.717) is 18.8 Å². The van der Waals surface area contributed by atoms with E-state index in [9.17, 15) is 19.7 Å². The van der Waals surface area contributed by atoms with Crippen LogP contribution in [0, 0.1) is 15.5 Å². The Hall–Kier alpha value is -0.0961. The van der Waals surface area contributed by atoms with Gasteiger partial charge in [0, 0.05) is 57.8 Å². The Bertz CT molecular complexity index is 440. The second kappa shape index (κ2) is 18.0. The molecular formula is C15H28N4O5S2Y-2. The summed E-state index contributed by atoms with van der Waals surface area (Å²) in [6.45, 7) is 2.54. The number of rotatable bonds is 11. The molecular weight excluding hydrogens is 469 g/mol. The van der Waals surface area contributed by atoms with Crippen LogP contribution in [0.2, 0.25) is 0 Å². The van der Waals surface area contributed by atoms with Crippen LogP contribution in [-0.4, -0.2) is 48.1 Å². The largest absolute Gasteiger partial charge is 0.677 e. The molecule has 0 aliphatic heterocycles. The van der Waals surface area contributed by atoms with Crippen molar-refractivity contribution in [3.63, 3.8) is 0 Å². The zero-order chi connectivity index (χ0) is 19.8. The van der Waals surface area contributed by atoms with Gasteiger partial charge < -0.3 is 26.4 Å². The van der Waals surface area contributed by atoms with Crippen molar-refractivity contribution in [1.82, 2.24) is 5.32 Å². The predicted octanol–water partition coefficient (Wildman–Crippen LogP) is 3.67. The summed E-state index contributed by atoms with van der Waals surface area (Å²) in [5.74, 6) is 0.772. The maximum absolute atomic E-state index is 10.9. The summed E-state index contributed by atoms with van der Waals surface area (Å²) in [6.07, 6.45) is 5.61. The molecule has 1 aliphatic carbocycles. The summed E-state index contributed by atoms with van der Waals surface area (Å²) in [5, 5.41) is 11.6. The topological polar surface area (TPSA) is 146 Å². The Morgan fingerprint density at radius 3 is 2.30 bits per heavy atom. The predicted molar refractivity (Wildman–Crippen MR) is 105 cm³/mol. The Kier molecular flexibility index (Phi) is 19.4. The molecule has 0 aromatic heterocycles. The summed E-state index contributed by atoms with van der Waals surface area (Å²) in [4.78, 5) is 35.5. The van der Waals surface area contributed by atoms with Crippen molar-refractivity contribution in [2.24, 2.45) is 5.41 Å². The first-order valence-corrected chi connectivity index (χ1v) is 11.0. The average Bonchev–Trinajstić information content (AvgIpc) is 2.57. The number of nitrogens with zero attached hydrogens (tertiary/aromatic N) is 1. The van der Waals surface area contributed by atoms with Crippen molar-refractivity contribution < 1.29 is 52.2 Å². The van der Waals surface area contributed by atoms with Gasteiger partial charge in [-0.1, -0.05) is 40.9 Å². The van der Waals surface area contributed by atoms with Gasteiger partial charge >= 0.3 is 0 Å². The van der Waals surface area contributed by atoms with Crippen LogP contribution in [0.1, 0.15) is 45.4 Å². The van der Waals surface area contributed by atoms with Crippen LogP contribution >= 0.6 is 21.6 Å². The molecule has 0 heterocycles. The zero-order valence-corrected chi connectivity index (χ0v) is 20.1. The molecule has 1 fully saturated rings. The fraction of sp³-hybridized carbons (Fsp3) is 0.867. The minimum absolute atomic E-state index is 0. The van der Waals surface area contributed by atoms with Gasteiger partial charge in [-0.25, -0.2) is 0 Å². The van der Waals surface area contributed by atoms with Gasteiger partial charge in [0.1, 0.15) is 6.61 Å². The molecule has 0 saturated heterocycles. The molecule has 1 aliphatic rings. The molecule has 0 unspecified atom stereocenters. The first kappa shape index (κ1) is 29.1. The van der Waals surface area contributed by atoms with E-state index in [4.69, 9.17) is 11.5 Å². The van der Waals surface area contributed by atoms with Gasteiger partial charge in [0.25, 0.3) is 5.09 Å². The molecule has 1 saturated carbocycles. The first-order valence-electron chi connectivity index (χ1n) is 8.46. The van der Waals surface area contributed by atoms with E-state index in [0.717, 1.165) is 31.4 Å². The first-order chi connectivity index (χ1) is 12.3. The summed E-state index contributed by atoms with van der Waals surface area (Å²) >= 11 is 0. The van der Waals surface area contributed by atoms with Gasteiger partial charge in [0.15, 0.2) is 0 Å². The van der Waals surface area contributed by atoms with Crippen LogP contribution in [0.4, 0.5) is 0 Å². The van der Waals surface area contributed by atoms with E-state index in [1.54, 1.807) is 0 Å². The molecule has 9 nitrogen and oxygen atoms in total. The van der Waals surface area contributed by atoms with Crippen molar-refractivity contribution in [3.8, 4) is 0 Å². The molecule has 155 valence electrons. The molecule has 27 heavy (non-hydrogen) atoms. The molecule has 0 atom stereocenters. The maximum Gasteiger partial charge on any atom is 0.294 e. The number of nitrogens with one attached hydrogen (secondary N) is 3. The van der Waals surface area contributed by atoms with E-state index >= 15 is 0 Å². The SMILES string of the molecule is CC(=O)NCC1(CC([NH-])=O)CCCCC1.[NH-]CCSSCCO[N+](=O)[O-].[Y]. The summed E-state index contributed by atoms with van der Waals surface area (Å²) in [5.41, 5.74) is 13.7. The van der Waals surface area contributed by atoms with E-state index < -0.39 is 11.0 Å². The minimum Gasteiger partial charge on any atom is -0.677 e. The van der Waals surface area contributed by atoms with E-state index in [2.05, 4.69) is 10.2 Å². The minimum atomic E-state index is -0.796. The number of hydrogen-bond acceptors (Lipinski definition) is 7. The van der Waals surface area contributed by atoms with Gasteiger partial charge in [-0.2, -0.15) is 0 Å². The molecule has 1 radical (unpaired) electrons.